The molecule has 1 fully saturated rings. The van der Waals surface area contributed by atoms with Gasteiger partial charge in [0.25, 0.3) is 10.0 Å². The van der Waals surface area contributed by atoms with Gasteiger partial charge in [0, 0.05) is 12.2 Å². The lowest BCUT2D eigenvalue weighted by atomic mass is 10.0. The summed E-state index contributed by atoms with van der Waals surface area (Å²) in [6.45, 7) is 5.90. The standard InChI is InChI=1S/C21H22FN3O2S2/c1-13-11-17(16-6-8-18(22)9-7-16)12-19(23-13)20-5-4-10-25(20)29(26,27)21-14(2)24-15(3)28-21/h6-9,11-12,20H,4-5,10H2,1-3H3/t20-/m1/s1. The molecular formula is C21H22FN3O2S2. The normalized spacial score (nSPS) is 17.7. The molecule has 0 radical (unpaired) electrons. The second-order valence-electron chi connectivity index (χ2n) is 7.31. The van der Waals surface area contributed by atoms with Gasteiger partial charge >= 0.3 is 0 Å². The van der Waals surface area contributed by atoms with Crippen LogP contribution in [-0.4, -0.2) is 29.2 Å². The highest BCUT2D eigenvalue weighted by Crippen LogP contribution is 2.39. The Hall–Kier alpha value is -2.16. The molecule has 3 aromatic rings. The summed E-state index contributed by atoms with van der Waals surface area (Å²) in [6, 6.07) is 9.82. The third kappa shape index (κ3) is 3.84. The highest BCUT2D eigenvalue weighted by atomic mass is 32.2. The maximum Gasteiger partial charge on any atom is 0.255 e. The predicted molar refractivity (Wildman–Crippen MR) is 112 cm³/mol. The van der Waals surface area contributed by atoms with E-state index in [9.17, 15) is 12.8 Å². The molecule has 1 aliphatic rings. The van der Waals surface area contributed by atoms with Crippen molar-refractivity contribution in [2.75, 3.05) is 6.54 Å². The van der Waals surface area contributed by atoms with Crippen molar-refractivity contribution in [2.24, 2.45) is 0 Å². The molecule has 4 rings (SSSR count). The summed E-state index contributed by atoms with van der Waals surface area (Å²) in [7, 11) is -3.64. The summed E-state index contributed by atoms with van der Waals surface area (Å²) in [5.41, 5.74) is 3.85. The zero-order valence-corrected chi connectivity index (χ0v) is 18.1. The smallest absolute Gasteiger partial charge is 0.255 e. The van der Waals surface area contributed by atoms with E-state index in [1.165, 1.54) is 23.5 Å². The van der Waals surface area contributed by atoms with Crippen molar-refractivity contribution in [3.05, 3.63) is 64.3 Å². The number of hydrogen-bond donors (Lipinski definition) is 0. The fraction of sp³-hybridized carbons (Fsp3) is 0.333. The minimum absolute atomic E-state index is 0.289. The van der Waals surface area contributed by atoms with Crippen LogP contribution in [0.25, 0.3) is 11.1 Å². The quantitative estimate of drug-likeness (QED) is 0.596. The van der Waals surface area contributed by atoms with Crippen LogP contribution in [-0.2, 0) is 10.0 Å². The Kier molecular flexibility index (Phi) is 5.27. The second kappa shape index (κ2) is 7.59. The van der Waals surface area contributed by atoms with Crippen LogP contribution in [0, 0.1) is 26.6 Å². The maximum atomic E-state index is 13.4. The van der Waals surface area contributed by atoms with Crippen molar-refractivity contribution in [3.63, 3.8) is 0 Å². The number of nitrogens with zero attached hydrogens (tertiary/aromatic N) is 3. The van der Waals surface area contributed by atoms with E-state index in [0.717, 1.165) is 40.4 Å². The molecule has 3 heterocycles. The number of thiazole rings is 1. The van der Waals surface area contributed by atoms with Crippen molar-refractivity contribution in [3.8, 4) is 11.1 Å². The fourth-order valence-electron chi connectivity index (χ4n) is 3.86. The molecule has 0 spiro atoms. The van der Waals surface area contributed by atoms with Crippen LogP contribution in [0.1, 0.15) is 41.0 Å². The Morgan fingerprint density at radius 1 is 1.07 bits per heavy atom. The van der Waals surface area contributed by atoms with E-state index in [4.69, 9.17) is 0 Å². The molecule has 1 atom stereocenters. The monoisotopic (exact) mass is 431 g/mol. The Morgan fingerprint density at radius 2 is 1.79 bits per heavy atom. The molecular weight excluding hydrogens is 409 g/mol. The van der Waals surface area contributed by atoms with Crippen LogP contribution in [0.5, 0.6) is 0 Å². The first kappa shape index (κ1) is 20.1. The molecule has 2 aromatic heterocycles. The average molecular weight is 432 g/mol. The lowest BCUT2D eigenvalue weighted by Gasteiger charge is -2.24. The van der Waals surface area contributed by atoms with Crippen LogP contribution in [0.2, 0.25) is 0 Å². The van der Waals surface area contributed by atoms with Crippen molar-refractivity contribution < 1.29 is 12.8 Å². The Balaban J connectivity index is 1.74. The molecule has 1 saturated heterocycles. The van der Waals surface area contributed by atoms with Gasteiger partial charge in [-0.3, -0.25) is 4.98 Å². The van der Waals surface area contributed by atoms with E-state index in [1.54, 1.807) is 23.4 Å². The van der Waals surface area contributed by atoms with Crippen LogP contribution < -0.4 is 0 Å². The summed E-state index contributed by atoms with van der Waals surface area (Å²) in [6.07, 6.45) is 1.50. The molecule has 0 N–H and O–H groups in total. The molecule has 0 aliphatic carbocycles. The molecule has 152 valence electrons. The third-order valence-electron chi connectivity index (χ3n) is 5.10. The molecule has 0 amide bonds. The molecule has 0 bridgehead atoms. The molecule has 1 aromatic carbocycles. The number of sulfonamides is 1. The van der Waals surface area contributed by atoms with Gasteiger partial charge < -0.3 is 0 Å². The summed E-state index contributed by atoms with van der Waals surface area (Å²) in [5.74, 6) is -0.289. The molecule has 8 heteroatoms. The zero-order valence-electron chi connectivity index (χ0n) is 16.5. The number of benzene rings is 1. The van der Waals surface area contributed by atoms with Gasteiger partial charge in [-0.05, 0) is 69.0 Å². The minimum Gasteiger partial charge on any atom is -0.256 e. The minimum atomic E-state index is -3.64. The lowest BCUT2D eigenvalue weighted by Crippen LogP contribution is -2.31. The SMILES string of the molecule is Cc1cc(-c2ccc(F)cc2)cc([C@H]2CCCN2S(=O)(=O)c2sc(C)nc2C)n1. The Bertz CT molecular complexity index is 1160. The summed E-state index contributed by atoms with van der Waals surface area (Å²) < 4.78 is 41.9. The average Bonchev–Trinajstić information content (AvgIpc) is 3.29. The fourth-order valence-corrected chi connectivity index (χ4v) is 7.12. The first-order valence-corrected chi connectivity index (χ1v) is 11.7. The van der Waals surface area contributed by atoms with Gasteiger partial charge in [-0.2, -0.15) is 4.31 Å². The third-order valence-corrected chi connectivity index (χ3v) is 8.67. The highest BCUT2D eigenvalue weighted by Gasteiger charge is 2.39. The van der Waals surface area contributed by atoms with Crippen LogP contribution >= 0.6 is 11.3 Å². The van der Waals surface area contributed by atoms with Gasteiger partial charge in [-0.25, -0.2) is 17.8 Å². The maximum absolute atomic E-state index is 13.4. The number of aromatic nitrogens is 2. The number of pyridine rings is 1. The largest absolute Gasteiger partial charge is 0.256 e. The Morgan fingerprint density at radius 3 is 2.45 bits per heavy atom. The van der Waals surface area contributed by atoms with Crippen molar-refractivity contribution in [1.82, 2.24) is 14.3 Å². The van der Waals surface area contributed by atoms with Crippen molar-refractivity contribution >= 4 is 21.4 Å². The Labute approximate surface area is 174 Å². The van der Waals surface area contributed by atoms with E-state index in [2.05, 4.69) is 9.97 Å². The van der Waals surface area contributed by atoms with E-state index < -0.39 is 10.0 Å². The molecule has 29 heavy (non-hydrogen) atoms. The molecule has 0 unspecified atom stereocenters. The van der Waals surface area contributed by atoms with Gasteiger partial charge in [0.1, 0.15) is 5.82 Å². The van der Waals surface area contributed by atoms with Crippen LogP contribution in [0.4, 0.5) is 4.39 Å². The lowest BCUT2D eigenvalue weighted by molar-refractivity contribution is 0.391. The summed E-state index contributed by atoms with van der Waals surface area (Å²) in [5, 5.41) is 0.740. The number of aryl methyl sites for hydroxylation is 3. The second-order valence-corrected chi connectivity index (χ2v) is 10.6. The van der Waals surface area contributed by atoms with Gasteiger partial charge in [-0.15, -0.1) is 11.3 Å². The number of hydrogen-bond acceptors (Lipinski definition) is 5. The van der Waals surface area contributed by atoms with Gasteiger partial charge in [-0.1, -0.05) is 12.1 Å². The van der Waals surface area contributed by atoms with Gasteiger partial charge in [0.05, 0.1) is 22.4 Å². The highest BCUT2D eigenvalue weighted by molar-refractivity contribution is 7.91. The van der Waals surface area contributed by atoms with Crippen LogP contribution in [0.15, 0.2) is 40.6 Å². The zero-order chi connectivity index (χ0) is 20.8. The first-order chi connectivity index (χ1) is 13.8. The number of rotatable bonds is 4. The predicted octanol–water partition coefficient (Wildman–Crippen LogP) is 4.80. The van der Waals surface area contributed by atoms with Gasteiger partial charge in [0.15, 0.2) is 4.21 Å². The van der Waals surface area contributed by atoms with Gasteiger partial charge in [0.2, 0.25) is 0 Å². The first-order valence-electron chi connectivity index (χ1n) is 9.46. The molecule has 5 nitrogen and oxygen atoms in total. The topological polar surface area (TPSA) is 63.2 Å². The molecule has 1 aliphatic heterocycles. The van der Waals surface area contributed by atoms with Crippen molar-refractivity contribution in [2.45, 2.75) is 43.9 Å². The van der Waals surface area contributed by atoms with Crippen molar-refractivity contribution in [1.29, 1.82) is 0 Å². The summed E-state index contributed by atoms with van der Waals surface area (Å²) >= 11 is 1.21. The number of halogens is 1. The van der Waals surface area contributed by atoms with E-state index in [-0.39, 0.29) is 11.9 Å². The summed E-state index contributed by atoms with van der Waals surface area (Å²) in [4.78, 5) is 8.94. The van der Waals surface area contributed by atoms with Crippen LogP contribution in [0.3, 0.4) is 0 Å². The van der Waals surface area contributed by atoms with E-state index in [0.29, 0.717) is 16.4 Å². The molecule has 0 saturated carbocycles. The van der Waals surface area contributed by atoms with E-state index >= 15 is 0 Å². The van der Waals surface area contributed by atoms with E-state index in [1.807, 2.05) is 26.0 Å².